The Morgan fingerprint density at radius 2 is 2.08 bits per heavy atom. The summed E-state index contributed by atoms with van der Waals surface area (Å²) in [6, 6.07) is 3.48. The van der Waals surface area contributed by atoms with E-state index in [1.807, 2.05) is 6.07 Å². The van der Waals surface area contributed by atoms with Gasteiger partial charge in [0.25, 0.3) is 0 Å². The lowest BCUT2D eigenvalue weighted by Crippen LogP contribution is -2.30. The largest absolute Gasteiger partial charge is 0.312 e. The summed E-state index contributed by atoms with van der Waals surface area (Å²) < 4.78 is 28.4. The van der Waals surface area contributed by atoms with Crippen LogP contribution in [0.25, 0.3) is 0 Å². The van der Waals surface area contributed by atoms with Crippen molar-refractivity contribution in [2.75, 3.05) is 18.0 Å². The Labute approximate surface area is 152 Å². The molecule has 1 fully saturated rings. The first-order valence-electron chi connectivity index (χ1n) is 8.43. The van der Waals surface area contributed by atoms with Crippen LogP contribution in [0.2, 0.25) is 0 Å². The van der Waals surface area contributed by atoms with Crippen molar-refractivity contribution in [3.63, 3.8) is 0 Å². The third-order valence-corrected chi connectivity index (χ3v) is 6.94. The second-order valence-electron chi connectivity index (χ2n) is 7.01. The second kappa shape index (κ2) is 6.77. The molecule has 0 aromatic heterocycles. The van der Waals surface area contributed by atoms with E-state index in [4.69, 9.17) is 0 Å². The minimum atomic E-state index is -3.60. The number of amides is 1. The van der Waals surface area contributed by atoms with Gasteiger partial charge < -0.3 is 4.90 Å². The van der Waals surface area contributed by atoms with Crippen molar-refractivity contribution >= 4 is 37.5 Å². The van der Waals surface area contributed by atoms with Crippen molar-refractivity contribution < 1.29 is 13.2 Å². The number of halogens is 1. The minimum absolute atomic E-state index is 0.129. The van der Waals surface area contributed by atoms with E-state index in [-0.39, 0.29) is 16.7 Å². The zero-order valence-electron chi connectivity index (χ0n) is 14.0. The lowest BCUT2D eigenvalue weighted by Gasteiger charge is -2.18. The molecular formula is C17H23BrN2O3S. The highest BCUT2D eigenvalue weighted by molar-refractivity contribution is 9.10. The molecule has 24 heavy (non-hydrogen) atoms. The average molecular weight is 415 g/mol. The summed E-state index contributed by atoms with van der Waals surface area (Å²) >= 11 is 3.38. The van der Waals surface area contributed by atoms with Gasteiger partial charge in [-0.05, 0) is 65.2 Å². The molecule has 132 valence electrons. The van der Waals surface area contributed by atoms with E-state index in [1.54, 1.807) is 11.0 Å². The van der Waals surface area contributed by atoms with Crippen LogP contribution in [0.15, 0.2) is 21.5 Å². The Morgan fingerprint density at radius 3 is 2.71 bits per heavy atom. The van der Waals surface area contributed by atoms with Gasteiger partial charge in [0.1, 0.15) is 0 Å². The molecule has 5 nitrogen and oxygen atoms in total. The van der Waals surface area contributed by atoms with E-state index in [2.05, 4.69) is 34.5 Å². The summed E-state index contributed by atoms with van der Waals surface area (Å²) in [6.07, 6.45) is 3.45. The average Bonchev–Trinajstić information content (AvgIpc) is 3.26. The molecule has 1 heterocycles. The molecule has 1 aromatic carbocycles. The lowest BCUT2D eigenvalue weighted by atomic mass is 10.1. The first kappa shape index (κ1) is 17.9. The van der Waals surface area contributed by atoms with Crippen molar-refractivity contribution in [3.8, 4) is 0 Å². The first-order valence-corrected chi connectivity index (χ1v) is 10.7. The highest BCUT2D eigenvalue weighted by Crippen LogP contribution is 2.39. The molecule has 0 radical (unpaired) electrons. The van der Waals surface area contributed by atoms with Gasteiger partial charge in [-0.1, -0.05) is 13.8 Å². The standard InChI is InChI=1S/C17H23BrN2O3S/c1-11(2)5-7-19-24(22,23)16-10-15-13(9-14(16)18)6-8-20(15)17(21)12-3-4-12/h9-12,19H,3-8H2,1-2H3. The van der Waals surface area contributed by atoms with Crippen LogP contribution < -0.4 is 9.62 Å². The summed E-state index contributed by atoms with van der Waals surface area (Å²) in [5, 5.41) is 0. The molecular weight excluding hydrogens is 392 g/mol. The topological polar surface area (TPSA) is 66.5 Å². The summed E-state index contributed by atoms with van der Waals surface area (Å²) in [5.41, 5.74) is 1.77. The van der Waals surface area contributed by atoms with Gasteiger partial charge >= 0.3 is 0 Å². The number of hydrogen-bond donors (Lipinski definition) is 1. The van der Waals surface area contributed by atoms with Crippen LogP contribution in [0.1, 0.15) is 38.7 Å². The summed E-state index contributed by atoms with van der Waals surface area (Å²) in [7, 11) is -3.60. The second-order valence-corrected chi connectivity index (χ2v) is 9.60. The fourth-order valence-corrected chi connectivity index (χ4v) is 5.09. The molecule has 0 bridgehead atoms. The maximum atomic E-state index is 12.6. The molecule has 0 unspecified atom stereocenters. The molecule has 1 N–H and O–H groups in total. The number of rotatable bonds is 6. The molecule has 1 aromatic rings. The molecule has 1 aliphatic heterocycles. The Hall–Kier alpha value is -0.920. The van der Waals surface area contributed by atoms with Crippen LogP contribution in [0.4, 0.5) is 5.69 Å². The van der Waals surface area contributed by atoms with Crippen LogP contribution in [-0.2, 0) is 21.2 Å². The highest BCUT2D eigenvalue weighted by Gasteiger charge is 2.37. The number of carbonyl (C=O) groups is 1. The number of nitrogens with one attached hydrogen (secondary N) is 1. The predicted molar refractivity (Wildman–Crippen MR) is 97.6 cm³/mol. The van der Waals surface area contributed by atoms with Crippen LogP contribution in [0.5, 0.6) is 0 Å². The normalized spacial score (nSPS) is 17.4. The molecule has 2 aliphatic rings. The first-order chi connectivity index (χ1) is 11.3. The van der Waals surface area contributed by atoms with Gasteiger partial charge in [0.05, 0.1) is 4.90 Å². The van der Waals surface area contributed by atoms with Gasteiger partial charge in [-0.15, -0.1) is 0 Å². The van der Waals surface area contributed by atoms with Gasteiger partial charge in [0.2, 0.25) is 15.9 Å². The van der Waals surface area contributed by atoms with Gasteiger partial charge in [-0.2, -0.15) is 0 Å². The van der Waals surface area contributed by atoms with E-state index in [0.29, 0.717) is 23.5 Å². The summed E-state index contributed by atoms with van der Waals surface area (Å²) in [5.74, 6) is 0.693. The molecule has 3 rings (SSSR count). The van der Waals surface area contributed by atoms with Crippen molar-refractivity contribution in [2.45, 2.75) is 44.4 Å². The Morgan fingerprint density at radius 1 is 1.38 bits per heavy atom. The summed E-state index contributed by atoms with van der Waals surface area (Å²) in [6.45, 7) is 5.16. The Kier molecular flexibility index (Phi) is 5.04. The number of nitrogens with zero attached hydrogens (tertiary/aromatic N) is 1. The molecule has 1 saturated carbocycles. The minimum Gasteiger partial charge on any atom is -0.312 e. The quantitative estimate of drug-likeness (QED) is 0.777. The smallest absolute Gasteiger partial charge is 0.241 e. The van der Waals surface area contributed by atoms with Crippen molar-refractivity contribution in [1.29, 1.82) is 0 Å². The van der Waals surface area contributed by atoms with Crippen molar-refractivity contribution in [2.24, 2.45) is 11.8 Å². The monoisotopic (exact) mass is 414 g/mol. The fraction of sp³-hybridized carbons (Fsp3) is 0.588. The van der Waals surface area contributed by atoms with Crippen LogP contribution in [0, 0.1) is 11.8 Å². The molecule has 1 amide bonds. The maximum Gasteiger partial charge on any atom is 0.241 e. The number of carbonyl (C=O) groups excluding carboxylic acids is 1. The number of benzene rings is 1. The lowest BCUT2D eigenvalue weighted by molar-refractivity contribution is -0.119. The van der Waals surface area contributed by atoms with Gasteiger partial charge in [-0.25, -0.2) is 13.1 Å². The summed E-state index contributed by atoms with van der Waals surface area (Å²) in [4.78, 5) is 14.4. The van der Waals surface area contributed by atoms with Crippen molar-refractivity contribution in [3.05, 3.63) is 22.2 Å². The van der Waals surface area contributed by atoms with Crippen LogP contribution in [-0.4, -0.2) is 27.4 Å². The molecule has 0 saturated heterocycles. The van der Waals surface area contributed by atoms with E-state index < -0.39 is 10.0 Å². The third-order valence-electron chi connectivity index (χ3n) is 4.52. The number of sulfonamides is 1. The predicted octanol–water partition coefficient (Wildman–Crippen LogP) is 3.07. The Balaban J connectivity index is 1.87. The number of anilines is 1. The van der Waals surface area contributed by atoms with E-state index in [1.165, 1.54) is 0 Å². The van der Waals surface area contributed by atoms with E-state index in [9.17, 15) is 13.2 Å². The zero-order valence-corrected chi connectivity index (χ0v) is 16.4. The zero-order chi connectivity index (χ0) is 17.5. The SMILES string of the molecule is CC(C)CCNS(=O)(=O)c1cc2c(cc1Br)CCN2C(=O)C1CC1. The molecule has 0 atom stereocenters. The van der Waals surface area contributed by atoms with E-state index >= 15 is 0 Å². The van der Waals surface area contributed by atoms with E-state index in [0.717, 1.165) is 36.9 Å². The molecule has 1 aliphatic carbocycles. The molecule has 0 spiro atoms. The highest BCUT2D eigenvalue weighted by atomic mass is 79.9. The van der Waals surface area contributed by atoms with Crippen LogP contribution >= 0.6 is 15.9 Å². The third kappa shape index (κ3) is 3.68. The van der Waals surface area contributed by atoms with Crippen LogP contribution in [0.3, 0.4) is 0 Å². The molecule has 7 heteroatoms. The number of fused-ring (bicyclic) bond motifs is 1. The maximum absolute atomic E-state index is 12.6. The number of hydrogen-bond acceptors (Lipinski definition) is 3. The Bertz CT molecular complexity index is 757. The van der Waals surface area contributed by atoms with Gasteiger partial charge in [-0.3, -0.25) is 4.79 Å². The van der Waals surface area contributed by atoms with Crippen molar-refractivity contribution in [1.82, 2.24) is 4.72 Å². The van der Waals surface area contributed by atoms with Gasteiger partial charge in [0.15, 0.2) is 0 Å². The fourth-order valence-electron chi connectivity index (χ4n) is 2.93. The van der Waals surface area contributed by atoms with Gasteiger partial charge in [0, 0.05) is 29.2 Å².